The zero-order chi connectivity index (χ0) is 7.61. The van der Waals surface area contributed by atoms with Crippen LogP contribution in [-0.4, -0.2) is 19.0 Å². The molecule has 1 saturated carbocycles. The highest BCUT2D eigenvalue weighted by atomic mass is 16.5. The molecule has 2 heteroatoms. The third-order valence-electron chi connectivity index (χ3n) is 2.11. The Kier molecular flexibility index (Phi) is 2.09. The fourth-order valence-electron chi connectivity index (χ4n) is 0.835. The van der Waals surface area contributed by atoms with E-state index in [1.165, 1.54) is 0 Å². The van der Waals surface area contributed by atoms with Gasteiger partial charge in [0.05, 0.1) is 0 Å². The first-order chi connectivity index (χ1) is 4.69. The molecule has 1 aliphatic rings. The van der Waals surface area contributed by atoms with Gasteiger partial charge in [0.2, 0.25) is 0 Å². The summed E-state index contributed by atoms with van der Waals surface area (Å²) >= 11 is 0. The summed E-state index contributed by atoms with van der Waals surface area (Å²) in [7, 11) is 0. The Labute approximate surface area is 61.6 Å². The fraction of sp³-hybridized carbons (Fsp3) is 0.875. The minimum atomic E-state index is -0.00479. The second-order valence-electron chi connectivity index (χ2n) is 3.12. The SMILES string of the molecule is CCOCC(=O)C1(C)CC1. The molecule has 0 heterocycles. The second-order valence-corrected chi connectivity index (χ2v) is 3.12. The predicted molar refractivity (Wildman–Crippen MR) is 38.8 cm³/mol. The van der Waals surface area contributed by atoms with E-state index in [9.17, 15) is 4.79 Å². The van der Waals surface area contributed by atoms with E-state index in [-0.39, 0.29) is 11.2 Å². The van der Waals surface area contributed by atoms with Crippen LogP contribution in [0, 0.1) is 5.41 Å². The maximum atomic E-state index is 11.2. The summed E-state index contributed by atoms with van der Waals surface area (Å²) in [5.41, 5.74) is -0.00479. The lowest BCUT2D eigenvalue weighted by Gasteiger charge is -2.05. The highest BCUT2D eigenvalue weighted by Gasteiger charge is 2.44. The minimum absolute atomic E-state index is 0.00479. The van der Waals surface area contributed by atoms with Crippen molar-refractivity contribution < 1.29 is 9.53 Å². The molecule has 0 aromatic carbocycles. The summed E-state index contributed by atoms with van der Waals surface area (Å²) in [6.07, 6.45) is 2.11. The molecule has 1 aliphatic carbocycles. The number of ether oxygens (including phenoxy) is 1. The molecule has 0 aromatic heterocycles. The van der Waals surface area contributed by atoms with E-state index in [4.69, 9.17) is 4.74 Å². The Morgan fingerprint density at radius 3 is 2.60 bits per heavy atom. The molecule has 0 aromatic rings. The van der Waals surface area contributed by atoms with E-state index >= 15 is 0 Å². The van der Waals surface area contributed by atoms with E-state index in [1.54, 1.807) is 0 Å². The molecule has 0 spiro atoms. The largest absolute Gasteiger partial charge is 0.374 e. The van der Waals surface area contributed by atoms with Crippen molar-refractivity contribution in [3.8, 4) is 0 Å². The zero-order valence-corrected chi connectivity index (χ0v) is 6.64. The van der Waals surface area contributed by atoms with E-state index in [0.29, 0.717) is 13.2 Å². The average molecular weight is 142 g/mol. The smallest absolute Gasteiger partial charge is 0.164 e. The lowest BCUT2D eigenvalue weighted by molar-refractivity contribution is -0.128. The molecular weight excluding hydrogens is 128 g/mol. The van der Waals surface area contributed by atoms with Crippen LogP contribution in [0.25, 0.3) is 0 Å². The molecule has 0 unspecified atom stereocenters. The quantitative estimate of drug-likeness (QED) is 0.593. The minimum Gasteiger partial charge on any atom is -0.374 e. The molecule has 0 radical (unpaired) electrons. The normalized spacial score (nSPS) is 20.6. The molecule has 0 bridgehead atoms. The second kappa shape index (κ2) is 2.70. The summed E-state index contributed by atoms with van der Waals surface area (Å²) in [5, 5.41) is 0. The van der Waals surface area contributed by atoms with Gasteiger partial charge in [-0.1, -0.05) is 6.92 Å². The summed E-state index contributed by atoms with van der Waals surface area (Å²) in [5.74, 6) is 0.273. The first-order valence-corrected chi connectivity index (χ1v) is 3.80. The van der Waals surface area contributed by atoms with E-state index in [0.717, 1.165) is 12.8 Å². The zero-order valence-electron chi connectivity index (χ0n) is 6.64. The van der Waals surface area contributed by atoms with Gasteiger partial charge in [0.15, 0.2) is 5.78 Å². The highest BCUT2D eigenvalue weighted by Crippen LogP contribution is 2.45. The van der Waals surface area contributed by atoms with Gasteiger partial charge in [0.25, 0.3) is 0 Å². The number of hydrogen-bond donors (Lipinski definition) is 0. The van der Waals surface area contributed by atoms with Crippen molar-refractivity contribution in [2.24, 2.45) is 5.41 Å². The molecule has 0 atom stereocenters. The monoisotopic (exact) mass is 142 g/mol. The van der Waals surface area contributed by atoms with Crippen molar-refractivity contribution in [1.29, 1.82) is 0 Å². The third-order valence-corrected chi connectivity index (χ3v) is 2.11. The molecular formula is C8H14O2. The van der Waals surface area contributed by atoms with Gasteiger partial charge in [-0.3, -0.25) is 4.79 Å². The maximum absolute atomic E-state index is 11.2. The molecule has 58 valence electrons. The molecule has 0 amide bonds. The first-order valence-electron chi connectivity index (χ1n) is 3.80. The average Bonchev–Trinajstić information content (AvgIpc) is 2.64. The first kappa shape index (κ1) is 7.73. The number of Topliss-reactive ketones (excluding diaryl/α,β-unsaturated/α-hetero) is 1. The topological polar surface area (TPSA) is 26.3 Å². The third kappa shape index (κ3) is 1.57. The standard InChI is InChI=1S/C8H14O2/c1-3-10-6-7(9)8(2)4-5-8/h3-6H2,1-2H3. The lowest BCUT2D eigenvalue weighted by Crippen LogP contribution is -2.18. The molecule has 2 nitrogen and oxygen atoms in total. The molecule has 0 aliphatic heterocycles. The van der Waals surface area contributed by atoms with Gasteiger partial charge in [0, 0.05) is 12.0 Å². The summed E-state index contributed by atoms with van der Waals surface area (Å²) in [6.45, 7) is 4.87. The van der Waals surface area contributed by atoms with Gasteiger partial charge < -0.3 is 4.74 Å². The van der Waals surface area contributed by atoms with Crippen LogP contribution in [0.4, 0.5) is 0 Å². The predicted octanol–water partition coefficient (Wildman–Crippen LogP) is 1.39. The van der Waals surface area contributed by atoms with Crippen molar-refractivity contribution in [2.45, 2.75) is 26.7 Å². The lowest BCUT2D eigenvalue weighted by atomic mass is 10.1. The van der Waals surface area contributed by atoms with Crippen LogP contribution in [0.1, 0.15) is 26.7 Å². The molecule has 10 heavy (non-hydrogen) atoms. The number of carbonyl (C=O) groups is 1. The van der Waals surface area contributed by atoms with Crippen LogP contribution >= 0.6 is 0 Å². The summed E-state index contributed by atoms with van der Waals surface area (Å²) in [4.78, 5) is 11.2. The van der Waals surface area contributed by atoms with Crippen molar-refractivity contribution in [2.75, 3.05) is 13.2 Å². The van der Waals surface area contributed by atoms with Gasteiger partial charge in [-0.15, -0.1) is 0 Å². The van der Waals surface area contributed by atoms with E-state index < -0.39 is 0 Å². The Balaban J connectivity index is 2.22. The van der Waals surface area contributed by atoms with Gasteiger partial charge in [-0.05, 0) is 19.8 Å². The Morgan fingerprint density at radius 1 is 1.60 bits per heavy atom. The van der Waals surface area contributed by atoms with Crippen LogP contribution in [0.3, 0.4) is 0 Å². The van der Waals surface area contributed by atoms with Crippen molar-refractivity contribution >= 4 is 5.78 Å². The Bertz CT molecular complexity index is 136. The molecule has 1 fully saturated rings. The van der Waals surface area contributed by atoms with Crippen LogP contribution in [0.2, 0.25) is 0 Å². The van der Waals surface area contributed by atoms with Crippen molar-refractivity contribution in [3.63, 3.8) is 0 Å². The maximum Gasteiger partial charge on any atom is 0.164 e. The fourth-order valence-corrected chi connectivity index (χ4v) is 0.835. The molecule has 0 saturated heterocycles. The van der Waals surface area contributed by atoms with Gasteiger partial charge in [0.1, 0.15) is 6.61 Å². The van der Waals surface area contributed by atoms with E-state index in [1.807, 2.05) is 13.8 Å². The van der Waals surface area contributed by atoms with Crippen molar-refractivity contribution in [3.05, 3.63) is 0 Å². The summed E-state index contributed by atoms with van der Waals surface area (Å²) < 4.78 is 5.01. The summed E-state index contributed by atoms with van der Waals surface area (Å²) in [6, 6.07) is 0. The van der Waals surface area contributed by atoms with Crippen LogP contribution < -0.4 is 0 Å². The van der Waals surface area contributed by atoms with Crippen LogP contribution in [0.15, 0.2) is 0 Å². The highest BCUT2D eigenvalue weighted by molar-refractivity contribution is 5.87. The Morgan fingerprint density at radius 2 is 2.20 bits per heavy atom. The number of rotatable bonds is 4. The van der Waals surface area contributed by atoms with Crippen LogP contribution in [0.5, 0.6) is 0 Å². The van der Waals surface area contributed by atoms with Gasteiger partial charge in [-0.25, -0.2) is 0 Å². The number of carbonyl (C=O) groups excluding carboxylic acids is 1. The number of ketones is 1. The van der Waals surface area contributed by atoms with Gasteiger partial charge >= 0.3 is 0 Å². The number of hydrogen-bond acceptors (Lipinski definition) is 2. The molecule has 1 rings (SSSR count). The van der Waals surface area contributed by atoms with E-state index in [2.05, 4.69) is 0 Å². The van der Waals surface area contributed by atoms with Crippen molar-refractivity contribution in [1.82, 2.24) is 0 Å². The Hall–Kier alpha value is -0.370. The van der Waals surface area contributed by atoms with Gasteiger partial charge in [-0.2, -0.15) is 0 Å². The molecule has 0 N–H and O–H groups in total. The van der Waals surface area contributed by atoms with Crippen LogP contribution in [-0.2, 0) is 9.53 Å².